The molecule has 2 nitrogen and oxygen atoms in total. The third-order valence-electron chi connectivity index (χ3n) is 3.36. The number of hydrogen-bond donors (Lipinski definition) is 0. The third kappa shape index (κ3) is 5.74. The Hall–Kier alpha value is -2.06. The summed E-state index contributed by atoms with van der Waals surface area (Å²) < 4.78 is 5.84. The zero-order valence-corrected chi connectivity index (χ0v) is 13.7. The number of nitrogens with zero attached hydrogens (tertiary/aromatic N) is 1. The fourth-order valence-electron chi connectivity index (χ4n) is 2.35. The Morgan fingerprint density at radius 1 is 0.909 bits per heavy atom. The van der Waals surface area contributed by atoms with Crippen molar-refractivity contribution in [2.75, 3.05) is 27.2 Å². The van der Waals surface area contributed by atoms with Crippen molar-refractivity contribution in [1.82, 2.24) is 4.90 Å². The van der Waals surface area contributed by atoms with E-state index in [1.54, 1.807) is 0 Å². The average molecular weight is 295 g/mol. The zero-order valence-electron chi connectivity index (χ0n) is 13.7. The van der Waals surface area contributed by atoms with Gasteiger partial charge in [0.25, 0.3) is 0 Å². The SMILES string of the molecule is CC(COc1ccc(/C=C/c2ccccc2)cc1)CN(C)C. The molecule has 0 aliphatic heterocycles. The highest BCUT2D eigenvalue weighted by molar-refractivity contribution is 5.69. The number of hydrogen-bond acceptors (Lipinski definition) is 2. The molecule has 0 heterocycles. The van der Waals surface area contributed by atoms with Crippen LogP contribution >= 0.6 is 0 Å². The van der Waals surface area contributed by atoms with E-state index < -0.39 is 0 Å². The van der Waals surface area contributed by atoms with Crippen LogP contribution in [0.3, 0.4) is 0 Å². The predicted octanol–water partition coefficient (Wildman–Crippen LogP) is 4.43. The van der Waals surface area contributed by atoms with E-state index >= 15 is 0 Å². The van der Waals surface area contributed by atoms with Crippen LogP contribution in [0.5, 0.6) is 5.75 Å². The fourth-order valence-corrected chi connectivity index (χ4v) is 2.35. The van der Waals surface area contributed by atoms with Crippen molar-refractivity contribution < 1.29 is 4.74 Å². The molecule has 0 fully saturated rings. The summed E-state index contributed by atoms with van der Waals surface area (Å²) in [4.78, 5) is 2.19. The normalized spacial score (nSPS) is 12.7. The predicted molar refractivity (Wildman–Crippen MR) is 95.0 cm³/mol. The van der Waals surface area contributed by atoms with Crippen LogP contribution < -0.4 is 4.74 Å². The molecule has 0 aliphatic rings. The average Bonchev–Trinajstić information content (AvgIpc) is 2.52. The number of ether oxygens (including phenoxy) is 1. The Kier molecular flexibility index (Phi) is 6.23. The third-order valence-corrected chi connectivity index (χ3v) is 3.36. The molecule has 22 heavy (non-hydrogen) atoms. The summed E-state index contributed by atoms with van der Waals surface area (Å²) in [6.07, 6.45) is 4.24. The van der Waals surface area contributed by atoms with Gasteiger partial charge in [-0.3, -0.25) is 0 Å². The van der Waals surface area contributed by atoms with Gasteiger partial charge >= 0.3 is 0 Å². The largest absolute Gasteiger partial charge is 0.493 e. The molecule has 2 aromatic carbocycles. The van der Waals surface area contributed by atoms with E-state index in [1.807, 2.05) is 30.3 Å². The highest BCUT2D eigenvalue weighted by atomic mass is 16.5. The van der Waals surface area contributed by atoms with Crippen LogP contribution in [0.2, 0.25) is 0 Å². The summed E-state index contributed by atoms with van der Waals surface area (Å²) in [5.41, 5.74) is 2.39. The van der Waals surface area contributed by atoms with Gasteiger partial charge in [0, 0.05) is 12.5 Å². The molecule has 0 saturated carbocycles. The molecule has 0 radical (unpaired) electrons. The van der Waals surface area contributed by atoms with Crippen LogP contribution in [0.4, 0.5) is 0 Å². The maximum atomic E-state index is 5.84. The highest BCUT2D eigenvalue weighted by Gasteiger charge is 2.04. The van der Waals surface area contributed by atoms with Crippen molar-refractivity contribution in [1.29, 1.82) is 0 Å². The molecule has 0 spiro atoms. The number of rotatable bonds is 7. The second kappa shape index (κ2) is 8.40. The van der Waals surface area contributed by atoms with Gasteiger partial charge in [0.15, 0.2) is 0 Å². The first-order valence-electron chi connectivity index (χ1n) is 7.74. The minimum Gasteiger partial charge on any atom is -0.493 e. The minimum absolute atomic E-state index is 0.521. The Bertz CT molecular complexity index is 572. The summed E-state index contributed by atoms with van der Waals surface area (Å²) in [6, 6.07) is 18.6. The smallest absolute Gasteiger partial charge is 0.119 e. The maximum absolute atomic E-state index is 5.84. The molecule has 0 amide bonds. The van der Waals surface area contributed by atoms with Crippen molar-refractivity contribution in [3.8, 4) is 5.75 Å². The van der Waals surface area contributed by atoms with Gasteiger partial charge in [-0.05, 0) is 37.4 Å². The van der Waals surface area contributed by atoms with Crippen molar-refractivity contribution in [2.24, 2.45) is 5.92 Å². The molecule has 2 rings (SSSR count). The topological polar surface area (TPSA) is 12.5 Å². The standard InChI is InChI=1S/C20H25NO/c1-17(15-21(2)3)16-22-20-13-11-19(12-14-20)10-9-18-7-5-4-6-8-18/h4-14,17H,15-16H2,1-3H3/b10-9+. The molecule has 2 heteroatoms. The second-order valence-corrected chi connectivity index (χ2v) is 5.99. The van der Waals surface area contributed by atoms with Crippen molar-refractivity contribution in [2.45, 2.75) is 6.92 Å². The van der Waals surface area contributed by atoms with Crippen LogP contribution in [-0.4, -0.2) is 32.1 Å². The van der Waals surface area contributed by atoms with Gasteiger partial charge in [-0.25, -0.2) is 0 Å². The van der Waals surface area contributed by atoms with E-state index in [-0.39, 0.29) is 0 Å². The van der Waals surface area contributed by atoms with Gasteiger partial charge in [0.05, 0.1) is 6.61 Å². The lowest BCUT2D eigenvalue weighted by Gasteiger charge is -2.17. The van der Waals surface area contributed by atoms with E-state index in [1.165, 1.54) is 11.1 Å². The van der Waals surface area contributed by atoms with Crippen molar-refractivity contribution >= 4 is 12.2 Å². The molecular weight excluding hydrogens is 270 g/mol. The van der Waals surface area contributed by atoms with Gasteiger partial charge in [0.2, 0.25) is 0 Å². The fraction of sp³-hybridized carbons (Fsp3) is 0.300. The highest BCUT2D eigenvalue weighted by Crippen LogP contribution is 2.15. The van der Waals surface area contributed by atoms with Crippen LogP contribution in [0.15, 0.2) is 54.6 Å². The molecule has 0 N–H and O–H groups in total. The van der Waals surface area contributed by atoms with Gasteiger partial charge in [-0.2, -0.15) is 0 Å². The van der Waals surface area contributed by atoms with Crippen molar-refractivity contribution in [3.63, 3.8) is 0 Å². The summed E-state index contributed by atoms with van der Waals surface area (Å²) >= 11 is 0. The Labute approximate surface area is 134 Å². The van der Waals surface area contributed by atoms with E-state index in [9.17, 15) is 0 Å². The first-order chi connectivity index (χ1) is 10.6. The second-order valence-electron chi connectivity index (χ2n) is 5.99. The van der Waals surface area contributed by atoms with Crippen LogP contribution in [0.25, 0.3) is 12.2 Å². The Morgan fingerprint density at radius 2 is 1.50 bits per heavy atom. The summed E-state index contributed by atoms with van der Waals surface area (Å²) in [5.74, 6) is 1.45. The summed E-state index contributed by atoms with van der Waals surface area (Å²) in [5, 5.41) is 0. The minimum atomic E-state index is 0.521. The first-order valence-corrected chi connectivity index (χ1v) is 7.74. The number of benzene rings is 2. The lowest BCUT2D eigenvalue weighted by molar-refractivity contribution is 0.222. The van der Waals surface area contributed by atoms with E-state index in [0.29, 0.717) is 5.92 Å². The molecule has 116 valence electrons. The monoisotopic (exact) mass is 295 g/mol. The lowest BCUT2D eigenvalue weighted by atomic mass is 10.1. The van der Waals surface area contributed by atoms with Gasteiger partial charge < -0.3 is 9.64 Å². The maximum Gasteiger partial charge on any atom is 0.119 e. The van der Waals surface area contributed by atoms with E-state index in [4.69, 9.17) is 4.74 Å². The molecule has 0 saturated heterocycles. The summed E-state index contributed by atoms with van der Waals surface area (Å²) in [6.45, 7) is 3.99. The van der Waals surface area contributed by atoms with Crippen LogP contribution in [0.1, 0.15) is 18.1 Å². The molecule has 0 bridgehead atoms. The molecule has 0 aliphatic carbocycles. The lowest BCUT2D eigenvalue weighted by Crippen LogP contribution is -2.24. The molecular formula is C20H25NO. The molecule has 1 unspecified atom stereocenters. The zero-order chi connectivity index (χ0) is 15.8. The van der Waals surface area contributed by atoms with Gasteiger partial charge in [-0.15, -0.1) is 0 Å². The van der Waals surface area contributed by atoms with Crippen LogP contribution in [-0.2, 0) is 0 Å². The van der Waals surface area contributed by atoms with E-state index in [2.05, 4.69) is 62.3 Å². The summed E-state index contributed by atoms with van der Waals surface area (Å²) in [7, 11) is 4.18. The van der Waals surface area contributed by atoms with Gasteiger partial charge in [-0.1, -0.05) is 61.5 Å². The van der Waals surface area contributed by atoms with Crippen molar-refractivity contribution in [3.05, 3.63) is 65.7 Å². The molecule has 2 aromatic rings. The van der Waals surface area contributed by atoms with E-state index in [0.717, 1.165) is 18.9 Å². The van der Waals surface area contributed by atoms with Gasteiger partial charge in [0.1, 0.15) is 5.75 Å². The van der Waals surface area contributed by atoms with Crippen LogP contribution in [0, 0.1) is 5.92 Å². The first kappa shape index (κ1) is 16.3. The Balaban J connectivity index is 1.86. The molecule has 1 atom stereocenters. The Morgan fingerprint density at radius 3 is 2.09 bits per heavy atom. The molecule has 0 aromatic heterocycles. The quantitative estimate of drug-likeness (QED) is 0.700.